The third kappa shape index (κ3) is 3.55. The molecule has 6 nitrogen and oxygen atoms in total. The van der Waals surface area contributed by atoms with Gasteiger partial charge in [-0.15, -0.1) is 0 Å². The number of hydrogen-bond acceptors (Lipinski definition) is 4. The van der Waals surface area contributed by atoms with Crippen molar-refractivity contribution in [2.75, 3.05) is 19.3 Å². The number of sulfonamides is 1. The van der Waals surface area contributed by atoms with Crippen LogP contribution in [0.4, 0.5) is 0 Å². The molecule has 2 heterocycles. The highest BCUT2D eigenvalue weighted by Crippen LogP contribution is 2.26. The maximum atomic E-state index is 11.6. The molecule has 2 rings (SSSR count). The Morgan fingerprint density at radius 3 is 2.89 bits per heavy atom. The van der Waals surface area contributed by atoms with E-state index >= 15 is 0 Å². The van der Waals surface area contributed by atoms with Crippen LogP contribution in [-0.4, -0.2) is 41.8 Å². The highest BCUT2D eigenvalue weighted by molar-refractivity contribution is 7.88. The Balaban J connectivity index is 1.98. The lowest BCUT2D eigenvalue weighted by Crippen LogP contribution is -2.40. The zero-order chi connectivity index (χ0) is 14.0. The van der Waals surface area contributed by atoms with Crippen molar-refractivity contribution in [3.63, 3.8) is 0 Å². The van der Waals surface area contributed by atoms with E-state index in [1.165, 1.54) is 6.26 Å². The number of aryl methyl sites for hydroxylation is 1. The molecule has 0 radical (unpaired) electrons. The summed E-state index contributed by atoms with van der Waals surface area (Å²) in [6, 6.07) is 1.83. The molecule has 19 heavy (non-hydrogen) atoms. The van der Waals surface area contributed by atoms with E-state index in [9.17, 15) is 8.42 Å². The fourth-order valence-corrected chi connectivity index (χ4v) is 3.69. The van der Waals surface area contributed by atoms with Crippen LogP contribution in [0, 0.1) is 5.92 Å². The van der Waals surface area contributed by atoms with Crippen LogP contribution in [0.2, 0.25) is 0 Å². The van der Waals surface area contributed by atoms with Crippen molar-refractivity contribution in [2.45, 2.75) is 25.3 Å². The van der Waals surface area contributed by atoms with Crippen molar-refractivity contribution >= 4 is 10.0 Å². The monoisotopic (exact) mass is 286 g/mol. The van der Waals surface area contributed by atoms with Gasteiger partial charge in [-0.25, -0.2) is 12.7 Å². The molecule has 1 aliphatic rings. The molecule has 1 aliphatic heterocycles. The topological polar surface area (TPSA) is 81.2 Å². The SMILES string of the molecule is Cn1nccc1C(N)CC1CCCN(S(C)(=O)=O)C1. The van der Waals surface area contributed by atoms with Crippen LogP contribution in [0.3, 0.4) is 0 Å². The minimum Gasteiger partial charge on any atom is -0.323 e. The first-order valence-corrected chi connectivity index (χ1v) is 8.41. The second-order valence-electron chi connectivity index (χ2n) is 5.35. The molecule has 0 saturated carbocycles. The summed E-state index contributed by atoms with van der Waals surface area (Å²) in [7, 11) is -1.21. The molecule has 1 aromatic heterocycles. The molecule has 0 spiro atoms. The molecule has 1 fully saturated rings. The molecular weight excluding hydrogens is 264 g/mol. The molecule has 108 valence electrons. The minimum atomic E-state index is -3.08. The Kier molecular flexibility index (Phi) is 4.27. The summed E-state index contributed by atoms with van der Waals surface area (Å²) in [5.74, 6) is 0.327. The minimum absolute atomic E-state index is 0.0861. The van der Waals surface area contributed by atoms with Gasteiger partial charge in [0.2, 0.25) is 10.0 Å². The first kappa shape index (κ1) is 14.5. The molecule has 0 bridgehead atoms. The third-order valence-electron chi connectivity index (χ3n) is 3.78. The van der Waals surface area contributed by atoms with E-state index < -0.39 is 10.0 Å². The molecular formula is C12H22N4O2S. The van der Waals surface area contributed by atoms with Crippen molar-refractivity contribution < 1.29 is 8.42 Å². The summed E-state index contributed by atoms with van der Waals surface area (Å²) in [4.78, 5) is 0. The van der Waals surface area contributed by atoms with Crippen LogP contribution >= 0.6 is 0 Å². The largest absolute Gasteiger partial charge is 0.323 e. The maximum Gasteiger partial charge on any atom is 0.211 e. The van der Waals surface area contributed by atoms with Gasteiger partial charge >= 0.3 is 0 Å². The summed E-state index contributed by atoms with van der Waals surface area (Å²) in [6.45, 7) is 1.22. The van der Waals surface area contributed by atoms with Gasteiger partial charge < -0.3 is 5.73 Å². The van der Waals surface area contributed by atoms with Gasteiger partial charge in [0.25, 0.3) is 0 Å². The Morgan fingerprint density at radius 1 is 1.58 bits per heavy atom. The van der Waals surface area contributed by atoms with E-state index in [-0.39, 0.29) is 6.04 Å². The van der Waals surface area contributed by atoms with Crippen LogP contribution < -0.4 is 5.73 Å². The average Bonchev–Trinajstić information content (AvgIpc) is 2.75. The summed E-state index contributed by atoms with van der Waals surface area (Å²) in [6.07, 6.45) is 5.76. The normalized spacial score (nSPS) is 23.4. The van der Waals surface area contributed by atoms with Crippen LogP contribution in [-0.2, 0) is 17.1 Å². The molecule has 2 atom stereocenters. The Bertz CT molecular complexity index is 526. The standard InChI is InChI=1S/C12H22N4O2S/c1-15-12(5-6-14-15)11(13)8-10-4-3-7-16(9-10)19(2,17)18/h5-6,10-11H,3-4,7-9,13H2,1-2H3. The summed E-state index contributed by atoms with van der Waals surface area (Å²) < 4.78 is 26.5. The molecule has 2 unspecified atom stereocenters. The Hall–Kier alpha value is -0.920. The van der Waals surface area contributed by atoms with E-state index in [0.717, 1.165) is 25.0 Å². The summed E-state index contributed by atoms with van der Waals surface area (Å²) in [5.41, 5.74) is 7.19. The van der Waals surface area contributed by atoms with Crippen LogP contribution in [0.25, 0.3) is 0 Å². The fourth-order valence-electron chi connectivity index (χ4n) is 2.75. The molecule has 1 aromatic rings. The van der Waals surface area contributed by atoms with Crippen molar-refractivity contribution in [1.29, 1.82) is 0 Å². The zero-order valence-electron chi connectivity index (χ0n) is 11.5. The Morgan fingerprint density at radius 2 is 2.32 bits per heavy atom. The van der Waals surface area contributed by atoms with E-state index in [2.05, 4.69) is 5.10 Å². The molecule has 7 heteroatoms. The smallest absolute Gasteiger partial charge is 0.211 e. The van der Waals surface area contributed by atoms with Gasteiger partial charge in [0.1, 0.15) is 0 Å². The predicted molar refractivity (Wildman–Crippen MR) is 73.9 cm³/mol. The van der Waals surface area contributed by atoms with Gasteiger partial charge in [0.05, 0.1) is 11.9 Å². The van der Waals surface area contributed by atoms with Crippen molar-refractivity contribution in [3.8, 4) is 0 Å². The Labute approximate surface area is 114 Å². The molecule has 0 aliphatic carbocycles. The summed E-state index contributed by atoms with van der Waals surface area (Å²) >= 11 is 0. The average molecular weight is 286 g/mol. The molecule has 2 N–H and O–H groups in total. The van der Waals surface area contributed by atoms with Crippen molar-refractivity contribution in [1.82, 2.24) is 14.1 Å². The van der Waals surface area contributed by atoms with Gasteiger partial charge in [-0.3, -0.25) is 4.68 Å². The number of hydrogen-bond donors (Lipinski definition) is 1. The van der Waals surface area contributed by atoms with E-state index in [1.807, 2.05) is 13.1 Å². The number of rotatable bonds is 4. The van der Waals surface area contributed by atoms with E-state index in [0.29, 0.717) is 19.0 Å². The first-order valence-electron chi connectivity index (χ1n) is 6.56. The van der Waals surface area contributed by atoms with Gasteiger partial charge in [0.15, 0.2) is 0 Å². The second kappa shape index (κ2) is 5.60. The van der Waals surface area contributed by atoms with Crippen molar-refractivity contribution in [2.24, 2.45) is 18.7 Å². The first-order chi connectivity index (χ1) is 8.88. The molecule has 0 amide bonds. The molecule has 1 saturated heterocycles. The van der Waals surface area contributed by atoms with E-state index in [4.69, 9.17) is 5.73 Å². The third-order valence-corrected chi connectivity index (χ3v) is 5.05. The highest BCUT2D eigenvalue weighted by atomic mass is 32.2. The zero-order valence-corrected chi connectivity index (χ0v) is 12.3. The fraction of sp³-hybridized carbons (Fsp3) is 0.750. The van der Waals surface area contributed by atoms with E-state index in [1.54, 1.807) is 15.2 Å². The van der Waals surface area contributed by atoms with Gasteiger partial charge in [0, 0.05) is 32.4 Å². The molecule has 0 aromatic carbocycles. The van der Waals surface area contributed by atoms with Crippen LogP contribution in [0.15, 0.2) is 12.3 Å². The number of nitrogens with two attached hydrogens (primary N) is 1. The maximum absolute atomic E-state index is 11.6. The highest BCUT2D eigenvalue weighted by Gasteiger charge is 2.27. The lowest BCUT2D eigenvalue weighted by molar-refractivity contribution is 0.245. The predicted octanol–water partition coefficient (Wildman–Crippen LogP) is 0.482. The lowest BCUT2D eigenvalue weighted by Gasteiger charge is -2.32. The number of aromatic nitrogens is 2. The van der Waals surface area contributed by atoms with Gasteiger partial charge in [-0.1, -0.05) is 0 Å². The number of piperidine rings is 1. The number of nitrogens with zero attached hydrogens (tertiary/aromatic N) is 3. The lowest BCUT2D eigenvalue weighted by atomic mass is 9.91. The van der Waals surface area contributed by atoms with Crippen LogP contribution in [0.1, 0.15) is 31.0 Å². The van der Waals surface area contributed by atoms with Gasteiger partial charge in [-0.2, -0.15) is 5.10 Å². The second-order valence-corrected chi connectivity index (χ2v) is 7.33. The van der Waals surface area contributed by atoms with Crippen LogP contribution in [0.5, 0.6) is 0 Å². The van der Waals surface area contributed by atoms with Gasteiger partial charge in [-0.05, 0) is 31.2 Å². The summed E-state index contributed by atoms with van der Waals surface area (Å²) in [5, 5.41) is 4.12. The quantitative estimate of drug-likeness (QED) is 0.873. The van der Waals surface area contributed by atoms with Crippen molar-refractivity contribution in [3.05, 3.63) is 18.0 Å².